The number of hydrogen-bond acceptors (Lipinski definition) is 4. The Morgan fingerprint density at radius 1 is 1.41 bits per heavy atom. The van der Waals surface area contributed by atoms with Crippen molar-refractivity contribution < 1.29 is 17.9 Å². The lowest BCUT2D eigenvalue weighted by Gasteiger charge is -2.23. The van der Waals surface area contributed by atoms with E-state index in [1.54, 1.807) is 24.3 Å². The highest BCUT2D eigenvalue weighted by Gasteiger charge is 2.23. The molecule has 2 N–H and O–H groups in total. The van der Waals surface area contributed by atoms with E-state index in [0.29, 0.717) is 11.4 Å². The van der Waals surface area contributed by atoms with Gasteiger partial charge in [0.2, 0.25) is 10.0 Å². The smallest absolute Gasteiger partial charge is 0.315 e. The molecule has 1 aromatic rings. The first kappa shape index (κ1) is 16.4. The molecule has 0 bridgehead atoms. The molecule has 1 aromatic carbocycles. The van der Waals surface area contributed by atoms with E-state index in [4.69, 9.17) is 4.74 Å². The van der Waals surface area contributed by atoms with E-state index < -0.39 is 10.0 Å². The Balaban J connectivity index is 1.98. The van der Waals surface area contributed by atoms with Gasteiger partial charge in [-0.25, -0.2) is 13.2 Å². The Labute approximate surface area is 130 Å². The first-order chi connectivity index (χ1) is 10.4. The molecule has 2 rings (SSSR count). The van der Waals surface area contributed by atoms with Crippen molar-refractivity contribution in [2.45, 2.75) is 18.9 Å². The fourth-order valence-electron chi connectivity index (χ4n) is 1.99. The van der Waals surface area contributed by atoms with Crippen LogP contribution in [0.5, 0.6) is 5.75 Å². The van der Waals surface area contributed by atoms with Gasteiger partial charge in [0, 0.05) is 18.7 Å². The maximum atomic E-state index is 12.0. The second-order valence-electron chi connectivity index (χ2n) is 5.21. The monoisotopic (exact) mass is 327 g/mol. The number of nitrogens with zero attached hydrogens (tertiary/aromatic N) is 1. The van der Waals surface area contributed by atoms with Crippen molar-refractivity contribution in [2.24, 2.45) is 0 Å². The molecule has 0 unspecified atom stereocenters. The van der Waals surface area contributed by atoms with Gasteiger partial charge in [0.05, 0.1) is 25.6 Å². The molecule has 2 amide bonds. The van der Waals surface area contributed by atoms with Crippen LogP contribution in [0.15, 0.2) is 24.3 Å². The third-order valence-electron chi connectivity index (χ3n) is 3.25. The number of sulfonamides is 1. The van der Waals surface area contributed by atoms with Gasteiger partial charge in [-0.05, 0) is 25.0 Å². The highest BCUT2D eigenvalue weighted by Crippen LogP contribution is 2.22. The Kier molecular flexibility index (Phi) is 5.12. The number of anilines is 1. The normalized spacial score (nSPS) is 14.3. The minimum Gasteiger partial charge on any atom is -0.497 e. The third kappa shape index (κ3) is 4.80. The molecule has 0 spiro atoms. The largest absolute Gasteiger partial charge is 0.497 e. The van der Waals surface area contributed by atoms with Crippen LogP contribution < -0.4 is 19.7 Å². The molecule has 0 heterocycles. The van der Waals surface area contributed by atoms with Crippen molar-refractivity contribution in [1.82, 2.24) is 10.6 Å². The molecule has 0 aliphatic heterocycles. The highest BCUT2D eigenvalue weighted by molar-refractivity contribution is 7.92. The predicted molar refractivity (Wildman–Crippen MR) is 84.7 cm³/mol. The minimum absolute atomic E-state index is 0.157. The van der Waals surface area contributed by atoms with Crippen LogP contribution >= 0.6 is 0 Å². The molecule has 0 aromatic heterocycles. The fourth-order valence-corrected chi connectivity index (χ4v) is 2.91. The maximum Gasteiger partial charge on any atom is 0.315 e. The lowest BCUT2D eigenvalue weighted by atomic mass is 10.3. The summed E-state index contributed by atoms with van der Waals surface area (Å²) in [6.45, 7) is 0.382. The average molecular weight is 327 g/mol. The molecule has 0 radical (unpaired) electrons. The topological polar surface area (TPSA) is 87.7 Å². The number of ether oxygens (including phenoxy) is 1. The molecule has 1 aliphatic rings. The lowest BCUT2D eigenvalue weighted by Crippen LogP contribution is -2.42. The third-order valence-corrected chi connectivity index (χ3v) is 4.45. The van der Waals surface area contributed by atoms with Crippen molar-refractivity contribution in [3.05, 3.63) is 24.3 Å². The summed E-state index contributed by atoms with van der Waals surface area (Å²) >= 11 is 0. The molecule has 7 nitrogen and oxygen atoms in total. The number of benzene rings is 1. The van der Waals surface area contributed by atoms with E-state index in [9.17, 15) is 13.2 Å². The Morgan fingerprint density at radius 2 is 2.14 bits per heavy atom. The number of amides is 2. The van der Waals surface area contributed by atoms with E-state index in [1.165, 1.54) is 11.4 Å². The molecule has 22 heavy (non-hydrogen) atoms. The number of rotatable bonds is 7. The number of methoxy groups -OCH3 is 1. The van der Waals surface area contributed by atoms with Crippen LogP contribution in [0.3, 0.4) is 0 Å². The summed E-state index contributed by atoms with van der Waals surface area (Å²) in [4.78, 5) is 11.6. The number of carbonyl (C=O) groups excluding carboxylic acids is 1. The van der Waals surface area contributed by atoms with Crippen LogP contribution in [-0.2, 0) is 10.0 Å². The minimum atomic E-state index is -3.45. The Hall–Kier alpha value is -1.96. The van der Waals surface area contributed by atoms with Crippen molar-refractivity contribution in [2.75, 3.05) is 30.8 Å². The number of hydrogen-bond donors (Lipinski definition) is 2. The summed E-state index contributed by atoms with van der Waals surface area (Å²) < 4.78 is 30.3. The quantitative estimate of drug-likeness (QED) is 0.779. The van der Waals surface area contributed by atoms with Crippen LogP contribution in [0.25, 0.3) is 0 Å². The standard InChI is InChI=1S/C14H21N3O4S/c1-21-13-5-3-4-12(10-13)17(22(2,19)20)9-8-15-14(18)16-11-6-7-11/h3-5,10-11H,6-9H2,1-2H3,(H2,15,16,18). The van der Waals surface area contributed by atoms with Gasteiger partial charge in [-0.2, -0.15) is 0 Å². The summed E-state index contributed by atoms with van der Waals surface area (Å²) in [6, 6.07) is 6.80. The van der Waals surface area contributed by atoms with Gasteiger partial charge in [-0.3, -0.25) is 4.31 Å². The van der Waals surface area contributed by atoms with Gasteiger partial charge in [0.25, 0.3) is 0 Å². The molecule has 1 saturated carbocycles. The zero-order valence-electron chi connectivity index (χ0n) is 12.7. The zero-order valence-corrected chi connectivity index (χ0v) is 13.5. The van der Waals surface area contributed by atoms with Crippen molar-refractivity contribution >= 4 is 21.7 Å². The highest BCUT2D eigenvalue weighted by atomic mass is 32.2. The summed E-state index contributed by atoms with van der Waals surface area (Å²) in [6.07, 6.45) is 3.15. The van der Waals surface area contributed by atoms with E-state index in [0.717, 1.165) is 19.1 Å². The summed E-state index contributed by atoms with van der Waals surface area (Å²) in [5.41, 5.74) is 0.506. The van der Waals surface area contributed by atoms with E-state index in [2.05, 4.69) is 10.6 Å². The zero-order chi connectivity index (χ0) is 16.2. The van der Waals surface area contributed by atoms with Crippen molar-refractivity contribution in [3.8, 4) is 5.75 Å². The van der Waals surface area contributed by atoms with E-state index in [-0.39, 0.29) is 25.2 Å². The molecular formula is C14H21N3O4S. The Bertz CT molecular complexity index is 629. The van der Waals surface area contributed by atoms with Gasteiger partial charge in [-0.1, -0.05) is 6.07 Å². The van der Waals surface area contributed by atoms with Crippen molar-refractivity contribution in [1.29, 1.82) is 0 Å². The molecule has 0 atom stereocenters. The first-order valence-electron chi connectivity index (χ1n) is 7.06. The van der Waals surface area contributed by atoms with Crippen LogP contribution in [0.2, 0.25) is 0 Å². The summed E-state index contributed by atoms with van der Waals surface area (Å²) in [5, 5.41) is 5.45. The Morgan fingerprint density at radius 3 is 2.73 bits per heavy atom. The van der Waals surface area contributed by atoms with Gasteiger partial charge in [-0.15, -0.1) is 0 Å². The molecule has 122 valence electrons. The lowest BCUT2D eigenvalue weighted by molar-refractivity contribution is 0.241. The second kappa shape index (κ2) is 6.87. The number of nitrogens with one attached hydrogen (secondary N) is 2. The molecular weight excluding hydrogens is 306 g/mol. The summed E-state index contributed by atoms with van der Waals surface area (Å²) in [5.74, 6) is 0.575. The van der Waals surface area contributed by atoms with Gasteiger partial charge >= 0.3 is 6.03 Å². The predicted octanol–water partition coefficient (Wildman–Crippen LogP) is 0.923. The van der Waals surface area contributed by atoms with Gasteiger partial charge in [0.1, 0.15) is 5.75 Å². The van der Waals surface area contributed by atoms with Crippen LogP contribution in [0.4, 0.5) is 10.5 Å². The van der Waals surface area contributed by atoms with Crippen LogP contribution in [-0.4, -0.2) is 46.9 Å². The van der Waals surface area contributed by atoms with Crippen molar-refractivity contribution in [3.63, 3.8) is 0 Å². The van der Waals surface area contributed by atoms with Crippen LogP contribution in [0, 0.1) is 0 Å². The molecule has 0 saturated heterocycles. The van der Waals surface area contributed by atoms with E-state index in [1.807, 2.05) is 0 Å². The average Bonchev–Trinajstić information content (AvgIpc) is 3.26. The fraction of sp³-hybridized carbons (Fsp3) is 0.500. The molecule has 1 fully saturated rings. The van der Waals surface area contributed by atoms with Crippen LogP contribution in [0.1, 0.15) is 12.8 Å². The molecule has 8 heteroatoms. The first-order valence-corrected chi connectivity index (χ1v) is 8.91. The summed E-state index contributed by atoms with van der Waals surface area (Å²) in [7, 11) is -1.92. The van der Waals surface area contributed by atoms with E-state index >= 15 is 0 Å². The second-order valence-corrected chi connectivity index (χ2v) is 7.12. The van der Waals surface area contributed by atoms with Gasteiger partial charge in [0.15, 0.2) is 0 Å². The van der Waals surface area contributed by atoms with Gasteiger partial charge < -0.3 is 15.4 Å². The molecule has 1 aliphatic carbocycles. The maximum absolute atomic E-state index is 12.0. The number of carbonyl (C=O) groups is 1. The number of urea groups is 1. The SMILES string of the molecule is COc1cccc(N(CCNC(=O)NC2CC2)S(C)(=O)=O)c1.